The maximum absolute atomic E-state index is 13.6. The van der Waals surface area contributed by atoms with E-state index in [-0.39, 0.29) is 5.82 Å². The first kappa shape index (κ1) is 11.7. The number of rotatable bonds is 3. The van der Waals surface area contributed by atoms with Gasteiger partial charge in [-0.15, -0.1) is 0 Å². The van der Waals surface area contributed by atoms with E-state index in [1.807, 2.05) is 36.4 Å². The van der Waals surface area contributed by atoms with Crippen LogP contribution in [0.2, 0.25) is 0 Å². The predicted octanol–water partition coefficient (Wildman–Crippen LogP) is 3.99. The van der Waals surface area contributed by atoms with E-state index in [2.05, 4.69) is 10.3 Å². The molecule has 0 amide bonds. The van der Waals surface area contributed by atoms with E-state index >= 15 is 0 Å². The first-order chi connectivity index (χ1) is 9.34. The molecule has 19 heavy (non-hydrogen) atoms. The summed E-state index contributed by atoms with van der Waals surface area (Å²) in [5.74, 6) is -0.187. The zero-order chi connectivity index (χ0) is 13.1. The standard InChI is InChI=1S/C16H13FN2/c17-14-7-3-1-5-12(14)11-19-16-9-10-18-15-8-4-2-6-13(15)16/h1-10H,11H2,(H,18,19). The average molecular weight is 252 g/mol. The Morgan fingerprint density at radius 2 is 1.74 bits per heavy atom. The van der Waals surface area contributed by atoms with Crippen molar-refractivity contribution in [3.63, 3.8) is 0 Å². The molecule has 1 heterocycles. The minimum absolute atomic E-state index is 0.187. The third kappa shape index (κ3) is 2.40. The quantitative estimate of drug-likeness (QED) is 0.762. The summed E-state index contributed by atoms with van der Waals surface area (Å²) in [4.78, 5) is 4.30. The molecule has 94 valence electrons. The molecule has 1 N–H and O–H groups in total. The van der Waals surface area contributed by atoms with Gasteiger partial charge in [-0.2, -0.15) is 0 Å². The normalized spacial score (nSPS) is 10.6. The van der Waals surface area contributed by atoms with Gasteiger partial charge in [0.15, 0.2) is 0 Å². The number of aromatic nitrogens is 1. The number of nitrogens with zero attached hydrogens (tertiary/aromatic N) is 1. The minimum atomic E-state index is -0.187. The highest BCUT2D eigenvalue weighted by atomic mass is 19.1. The Kier molecular flexibility index (Phi) is 3.11. The Balaban J connectivity index is 1.88. The van der Waals surface area contributed by atoms with Crippen LogP contribution in [0, 0.1) is 5.82 Å². The minimum Gasteiger partial charge on any atom is -0.380 e. The zero-order valence-corrected chi connectivity index (χ0v) is 10.3. The molecule has 0 aliphatic carbocycles. The van der Waals surface area contributed by atoms with Crippen LogP contribution in [0.4, 0.5) is 10.1 Å². The van der Waals surface area contributed by atoms with Crippen molar-refractivity contribution >= 4 is 16.6 Å². The second kappa shape index (κ2) is 5.06. The van der Waals surface area contributed by atoms with Gasteiger partial charge in [0.2, 0.25) is 0 Å². The molecule has 0 bridgehead atoms. The van der Waals surface area contributed by atoms with Gasteiger partial charge >= 0.3 is 0 Å². The maximum Gasteiger partial charge on any atom is 0.128 e. The Morgan fingerprint density at radius 1 is 0.947 bits per heavy atom. The van der Waals surface area contributed by atoms with Crippen molar-refractivity contribution in [1.82, 2.24) is 4.98 Å². The maximum atomic E-state index is 13.6. The van der Waals surface area contributed by atoms with Crippen LogP contribution < -0.4 is 5.32 Å². The third-order valence-electron chi connectivity index (χ3n) is 3.08. The molecular weight excluding hydrogens is 239 g/mol. The number of halogens is 1. The van der Waals surface area contributed by atoms with E-state index in [4.69, 9.17) is 0 Å². The van der Waals surface area contributed by atoms with Crippen molar-refractivity contribution in [2.24, 2.45) is 0 Å². The molecule has 0 atom stereocenters. The van der Waals surface area contributed by atoms with Gasteiger partial charge < -0.3 is 5.32 Å². The lowest BCUT2D eigenvalue weighted by atomic mass is 10.1. The van der Waals surface area contributed by atoms with E-state index < -0.39 is 0 Å². The summed E-state index contributed by atoms with van der Waals surface area (Å²) in [6.07, 6.45) is 1.76. The molecule has 1 aromatic heterocycles. The summed E-state index contributed by atoms with van der Waals surface area (Å²) in [6.45, 7) is 0.459. The Morgan fingerprint density at radius 3 is 2.63 bits per heavy atom. The molecule has 0 fully saturated rings. The second-order valence-corrected chi connectivity index (χ2v) is 4.32. The van der Waals surface area contributed by atoms with Crippen LogP contribution in [0.25, 0.3) is 10.9 Å². The highest BCUT2D eigenvalue weighted by Gasteiger charge is 2.03. The van der Waals surface area contributed by atoms with Crippen molar-refractivity contribution in [3.05, 3.63) is 72.2 Å². The molecule has 3 rings (SSSR count). The highest BCUT2D eigenvalue weighted by molar-refractivity contribution is 5.90. The fourth-order valence-electron chi connectivity index (χ4n) is 2.08. The summed E-state index contributed by atoms with van der Waals surface area (Å²) in [5.41, 5.74) is 2.55. The van der Waals surface area contributed by atoms with Crippen molar-refractivity contribution in [2.45, 2.75) is 6.54 Å². The summed E-state index contributed by atoms with van der Waals surface area (Å²) in [6, 6.07) is 16.6. The Labute approximate surface area is 110 Å². The Hall–Kier alpha value is -2.42. The fourth-order valence-corrected chi connectivity index (χ4v) is 2.08. The molecule has 3 heteroatoms. The van der Waals surface area contributed by atoms with Gasteiger partial charge in [-0.05, 0) is 18.2 Å². The number of para-hydroxylation sites is 1. The van der Waals surface area contributed by atoms with E-state index in [0.29, 0.717) is 12.1 Å². The lowest BCUT2D eigenvalue weighted by Gasteiger charge is -2.09. The van der Waals surface area contributed by atoms with Crippen LogP contribution in [0.15, 0.2) is 60.8 Å². The molecule has 0 saturated carbocycles. The molecule has 0 aliphatic heterocycles. The van der Waals surface area contributed by atoms with Crippen LogP contribution in [0.1, 0.15) is 5.56 Å². The number of hydrogen-bond donors (Lipinski definition) is 1. The summed E-state index contributed by atoms with van der Waals surface area (Å²) in [5, 5.41) is 4.31. The smallest absolute Gasteiger partial charge is 0.128 e. The van der Waals surface area contributed by atoms with Crippen molar-refractivity contribution < 1.29 is 4.39 Å². The molecule has 0 unspecified atom stereocenters. The molecule has 0 radical (unpaired) electrons. The number of benzene rings is 2. The van der Waals surface area contributed by atoms with Crippen LogP contribution in [0.3, 0.4) is 0 Å². The summed E-state index contributed by atoms with van der Waals surface area (Å²) < 4.78 is 13.6. The van der Waals surface area contributed by atoms with E-state index in [9.17, 15) is 4.39 Å². The topological polar surface area (TPSA) is 24.9 Å². The molecule has 0 spiro atoms. The summed E-state index contributed by atoms with van der Waals surface area (Å²) in [7, 11) is 0. The Bertz CT molecular complexity index is 704. The van der Waals surface area contributed by atoms with E-state index in [1.54, 1.807) is 18.3 Å². The number of hydrogen-bond acceptors (Lipinski definition) is 2. The van der Waals surface area contributed by atoms with Crippen LogP contribution >= 0.6 is 0 Å². The molecule has 2 aromatic carbocycles. The summed E-state index contributed by atoms with van der Waals surface area (Å²) >= 11 is 0. The molecule has 3 aromatic rings. The van der Waals surface area contributed by atoms with Gasteiger partial charge in [0.05, 0.1) is 5.52 Å². The largest absolute Gasteiger partial charge is 0.380 e. The number of pyridine rings is 1. The monoisotopic (exact) mass is 252 g/mol. The van der Waals surface area contributed by atoms with Crippen LogP contribution in [-0.2, 0) is 6.54 Å². The first-order valence-electron chi connectivity index (χ1n) is 6.15. The van der Waals surface area contributed by atoms with Crippen LogP contribution in [-0.4, -0.2) is 4.98 Å². The molecule has 0 saturated heterocycles. The van der Waals surface area contributed by atoms with Gasteiger partial charge in [-0.25, -0.2) is 4.39 Å². The first-order valence-corrected chi connectivity index (χ1v) is 6.15. The SMILES string of the molecule is Fc1ccccc1CNc1ccnc2ccccc12. The molecule has 0 aliphatic rings. The van der Waals surface area contributed by atoms with Gasteiger partial charge in [0, 0.05) is 29.4 Å². The number of fused-ring (bicyclic) bond motifs is 1. The van der Waals surface area contributed by atoms with Gasteiger partial charge in [-0.3, -0.25) is 4.98 Å². The average Bonchev–Trinajstić information content (AvgIpc) is 2.46. The number of nitrogens with one attached hydrogen (secondary N) is 1. The van der Waals surface area contributed by atoms with Gasteiger partial charge in [-0.1, -0.05) is 36.4 Å². The van der Waals surface area contributed by atoms with Crippen molar-refractivity contribution in [3.8, 4) is 0 Å². The van der Waals surface area contributed by atoms with Crippen LogP contribution in [0.5, 0.6) is 0 Å². The van der Waals surface area contributed by atoms with Gasteiger partial charge in [0.25, 0.3) is 0 Å². The molecular formula is C16H13FN2. The molecule has 2 nitrogen and oxygen atoms in total. The fraction of sp³-hybridized carbons (Fsp3) is 0.0625. The number of anilines is 1. The lowest BCUT2D eigenvalue weighted by molar-refractivity contribution is 0.613. The second-order valence-electron chi connectivity index (χ2n) is 4.32. The zero-order valence-electron chi connectivity index (χ0n) is 10.3. The predicted molar refractivity (Wildman–Crippen MR) is 75.5 cm³/mol. The van der Waals surface area contributed by atoms with E-state index in [1.165, 1.54) is 6.07 Å². The third-order valence-corrected chi connectivity index (χ3v) is 3.08. The van der Waals surface area contributed by atoms with E-state index in [0.717, 1.165) is 16.6 Å². The highest BCUT2D eigenvalue weighted by Crippen LogP contribution is 2.21. The lowest BCUT2D eigenvalue weighted by Crippen LogP contribution is -2.02. The van der Waals surface area contributed by atoms with Crippen molar-refractivity contribution in [2.75, 3.05) is 5.32 Å². The van der Waals surface area contributed by atoms with Gasteiger partial charge in [0.1, 0.15) is 5.82 Å². The van der Waals surface area contributed by atoms with Crippen molar-refractivity contribution in [1.29, 1.82) is 0 Å².